The van der Waals surface area contributed by atoms with Gasteiger partial charge in [0.25, 0.3) is 0 Å². The van der Waals surface area contributed by atoms with Gasteiger partial charge in [-0.25, -0.2) is 0 Å². The summed E-state index contributed by atoms with van der Waals surface area (Å²) in [6.45, 7) is 3.72. The monoisotopic (exact) mass is 212 g/mol. The van der Waals surface area contributed by atoms with Gasteiger partial charge in [-0.3, -0.25) is 9.59 Å². The molecule has 1 aliphatic rings. The molecule has 0 aromatic heterocycles. The topological polar surface area (TPSA) is 63.6 Å². The number of carboxylic acids is 1. The molecule has 4 heteroatoms. The number of esters is 1. The molecule has 0 saturated heterocycles. The van der Waals surface area contributed by atoms with E-state index in [1.165, 1.54) is 7.11 Å². The van der Waals surface area contributed by atoms with E-state index in [9.17, 15) is 9.59 Å². The van der Waals surface area contributed by atoms with E-state index in [4.69, 9.17) is 5.11 Å². The standard InChI is InChI=1S/C11H16O4/c1-6-4-7(2)9(10(12)13)8(5-6)11(14)15-3/h4,7-9H,5H2,1-3H3,(H,12,13)/t7-,8+,9-/m1/s1. The van der Waals surface area contributed by atoms with Crippen molar-refractivity contribution >= 4 is 11.9 Å². The summed E-state index contributed by atoms with van der Waals surface area (Å²) in [6, 6.07) is 0. The van der Waals surface area contributed by atoms with Gasteiger partial charge in [0.05, 0.1) is 18.9 Å². The molecular weight excluding hydrogens is 196 g/mol. The molecule has 0 amide bonds. The zero-order valence-corrected chi connectivity index (χ0v) is 9.19. The van der Waals surface area contributed by atoms with E-state index in [-0.39, 0.29) is 5.92 Å². The molecule has 84 valence electrons. The number of carbonyl (C=O) groups excluding carboxylic acids is 1. The summed E-state index contributed by atoms with van der Waals surface area (Å²) in [6.07, 6.45) is 2.40. The first-order chi connectivity index (χ1) is 6.97. The summed E-state index contributed by atoms with van der Waals surface area (Å²) >= 11 is 0. The molecule has 4 nitrogen and oxygen atoms in total. The van der Waals surface area contributed by atoms with Crippen LogP contribution in [0.1, 0.15) is 20.3 Å². The number of hydrogen-bond donors (Lipinski definition) is 1. The van der Waals surface area contributed by atoms with Crippen molar-refractivity contribution < 1.29 is 19.4 Å². The van der Waals surface area contributed by atoms with Crippen molar-refractivity contribution in [2.24, 2.45) is 17.8 Å². The minimum atomic E-state index is -0.929. The Hall–Kier alpha value is -1.32. The summed E-state index contributed by atoms with van der Waals surface area (Å²) in [7, 11) is 1.29. The first-order valence-electron chi connectivity index (χ1n) is 4.95. The van der Waals surface area contributed by atoms with Gasteiger partial charge in [-0.2, -0.15) is 0 Å². The molecule has 0 aromatic carbocycles. The van der Waals surface area contributed by atoms with Crippen molar-refractivity contribution in [2.45, 2.75) is 20.3 Å². The van der Waals surface area contributed by atoms with Crippen molar-refractivity contribution in [1.29, 1.82) is 0 Å². The maximum absolute atomic E-state index is 11.5. The third-order valence-electron chi connectivity index (χ3n) is 2.88. The molecule has 1 rings (SSSR count). The maximum atomic E-state index is 11.5. The number of aliphatic carboxylic acids is 1. The molecule has 15 heavy (non-hydrogen) atoms. The third kappa shape index (κ3) is 2.37. The van der Waals surface area contributed by atoms with E-state index >= 15 is 0 Å². The molecule has 0 radical (unpaired) electrons. The molecule has 0 bridgehead atoms. The normalized spacial score (nSPS) is 30.6. The second kappa shape index (κ2) is 4.47. The smallest absolute Gasteiger partial charge is 0.309 e. The molecular formula is C11H16O4. The van der Waals surface area contributed by atoms with Gasteiger partial charge in [-0.15, -0.1) is 0 Å². The van der Waals surface area contributed by atoms with Gasteiger partial charge < -0.3 is 9.84 Å². The van der Waals surface area contributed by atoms with Crippen LogP contribution in [0.5, 0.6) is 0 Å². The fourth-order valence-corrected chi connectivity index (χ4v) is 2.24. The van der Waals surface area contributed by atoms with Gasteiger partial charge in [0.1, 0.15) is 0 Å². The van der Waals surface area contributed by atoms with Crippen LogP contribution in [-0.4, -0.2) is 24.2 Å². The highest BCUT2D eigenvalue weighted by molar-refractivity contribution is 5.82. The number of methoxy groups -OCH3 is 1. The zero-order valence-electron chi connectivity index (χ0n) is 9.19. The lowest BCUT2D eigenvalue weighted by atomic mass is 9.74. The van der Waals surface area contributed by atoms with Crippen molar-refractivity contribution in [3.63, 3.8) is 0 Å². The second-order valence-electron chi connectivity index (χ2n) is 4.07. The van der Waals surface area contributed by atoms with Gasteiger partial charge in [0.2, 0.25) is 0 Å². The van der Waals surface area contributed by atoms with Gasteiger partial charge >= 0.3 is 11.9 Å². The Morgan fingerprint density at radius 3 is 2.60 bits per heavy atom. The summed E-state index contributed by atoms with van der Waals surface area (Å²) in [5.74, 6) is -2.70. The molecule has 3 atom stereocenters. The molecule has 1 N–H and O–H groups in total. The van der Waals surface area contributed by atoms with Crippen LogP contribution >= 0.6 is 0 Å². The minimum absolute atomic E-state index is 0.125. The Kier molecular flexibility index (Phi) is 3.50. The van der Waals surface area contributed by atoms with E-state index in [1.54, 1.807) is 0 Å². The number of carbonyl (C=O) groups is 2. The number of carboxylic acid groups (broad SMARTS) is 1. The SMILES string of the molecule is COC(=O)[C@H]1CC(C)=C[C@@H](C)[C@H]1C(=O)O. The highest BCUT2D eigenvalue weighted by Gasteiger charge is 2.40. The second-order valence-corrected chi connectivity index (χ2v) is 4.07. The summed E-state index contributed by atoms with van der Waals surface area (Å²) in [5, 5.41) is 9.07. The van der Waals surface area contributed by atoms with E-state index < -0.39 is 23.8 Å². The van der Waals surface area contributed by atoms with Crippen LogP contribution in [0.4, 0.5) is 0 Å². The Labute approximate surface area is 88.9 Å². The third-order valence-corrected chi connectivity index (χ3v) is 2.88. The number of hydrogen-bond acceptors (Lipinski definition) is 3. The Morgan fingerprint density at radius 1 is 1.53 bits per heavy atom. The molecule has 0 aromatic rings. The van der Waals surface area contributed by atoms with Crippen molar-refractivity contribution in [3.05, 3.63) is 11.6 Å². The lowest BCUT2D eigenvalue weighted by Gasteiger charge is -2.30. The van der Waals surface area contributed by atoms with Gasteiger partial charge in [-0.05, 0) is 19.3 Å². The van der Waals surface area contributed by atoms with E-state index in [0.29, 0.717) is 6.42 Å². The fourth-order valence-electron chi connectivity index (χ4n) is 2.24. The van der Waals surface area contributed by atoms with Crippen LogP contribution in [0.3, 0.4) is 0 Å². The summed E-state index contributed by atoms with van der Waals surface area (Å²) in [5.41, 5.74) is 1.05. The van der Waals surface area contributed by atoms with Crippen molar-refractivity contribution in [1.82, 2.24) is 0 Å². The zero-order chi connectivity index (χ0) is 11.6. The fraction of sp³-hybridized carbons (Fsp3) is 0.636. The highest BCUT2D eigenvalue weighted by Crippen LogP contribution is 2.34. The number of rotatable bonds is 2. The molecule has 0 saturated carbocycles. The predicted molar refractivity (Wildman–Crippen MR) is 54.2 cm³/mol. The minimum Gasteiger partial charge on any atom is -0.481 e. The molecule has 0 spiro atoms. The van der Waals surface area contributed by atoms with Crippen molar-refractivity contribution in [3.8, 4) is 0 Å². The number of ether oxygens (including phenoxy) is 1. The van der Waals surface area contributed by atoms with Crippen LogP contribution in [0, 0.1) is 17.8 Å². The van der Waals surface area contributed by atoms with Gasteiger partial charge in [-0.1, -0.05) is 18.6 Å². The van der Waals surface area contributed by atoms with E-state index in [1.807, 2.05) is 19.9 Å². The highest BCUT2D eigenvalue weighted by atomic mass is 16.5. The van der Waals surface area contributed by atoms with Crippen LogP contribution in [0.25, 0.3) is 0 Å². The summed E-state index contributed by atoms with van der Waals surface area (Å²) in [4.78, 5) is 22.5. The van der Waals surface area contributed by atoms with Gasteiger partial charge in [0, 0.05) is 0 Å². The lowest BCUT2D eigenvalue weighted by Crippen LogP contribution is -2.37. The lowest BCUT2D eigenvalue weighted by molar-refractivity contribution is -0.157. The first-order valence-corrected chi connectivity index (χ1v) is 4.95. The molecule has 0 fully saturated rings. The Bertz CT molecular complexity index is 306. The van der Waals surface area contributed by atoms with Crippen LogP contribution in [0.2, 0.25) is 0 Å². The van der Waals surface area contributed by atoms with Gasteiger partial charge in [0.15, 0.2) is 0 Å². The van der Waals surface area contributed by atoms with E-state index in [2.05, 4.69) is 4.74 Å². The van der Waals surface area contributed by atoms with Crippen LogP contribution in [-0.2, 0) is 14.3 Å². The number of allylic oxidation sites excluding steroid dienone is 2. The van der Waals surface area contributed by atoms with E-state index in [0.717, 1.165) is 5.57 Å². The molecule has 0 aliphatic heterocycles. The molecule has 0 unspecified atom stereocenters. The summed E-state index contributed by atoms with van der Waals surface area (Å²) < 4.78 is 4.64. The van der Waals surface area contributed by atoms with Crippen molar-refractivity contribution in [2.75, 3.05) is 7.11 Å². The Balaban J connectivity index is 2.97. The molecule has 0 heterocycles. The Morgan fingerprint density at radius 2 is 2.13 bits per heavy atom. The maximum Gasteiger partial charge on any atom is 0.309 e. The van der Waals surface area contributed by atoms with Crippen LogP contribution < -0.4 is 0 Å². The largest absolute Gasteiger partial charge is 0.481 e. The van der Waals surface area contributed by atoms with Crippen LogP contribution in [0.15, 0.2) is 11.6 Å². The quantitative estimate of drug-likeness (QED) is 0.556. The predicted octanol–water partition coefficient (Wildman–Crippen LogP) is 1.46. The molecule has 1 aliphatic carbocycles. The average molecular weight is 212 g/mol. The first kappa shape index (κ1) is 11.8. The average Bonchev–Trinajstić information content (AvgIpc) is 2.14.